The molecule has 4 fully saturated rings. The fourth-order valence-corrected chi connectivity index (χ4v) is 7.61. The first kappa shape index (κ1) is 16.2. The Morgan fingerprint density at radius 2 is 1.74 bits per heavy atom. The summed E-state index contributed by atoms with van der Waals surface area (Å²) >= 11 is 0. The van der Waals surface area contributed by atoms with Crippen LogP contribution in [0.1, 0.15) is 85.0 Å². The van der Waals surface area contributed by atoms with Gasteiger partial charge in [0.1, 0.15) is 0 Å². The van der Waals surface area contributed by atoms with Gasteiger partial charge in [-0.25, -0.2) is 0 Å². The lowest BCUT2D eigenvalue weighted by Gasteiger charge is -2.59. The molecular formula is C22H36O. The van der Waals surface area contributed by atoms with Crippen molar-refractivity contribution in [3.63, 3.8) is 0 Å². The lowest BCUT2D eigenvalue weighted by molar-refractivity contribution is -0.0995. The summed E-state index contributed by atoms with van der Waals surface area (Å²) in [6.07, 6.45) is 15.8. The van der Waals surface area contributed by atoms with Crippen molar-refractivity contribution >= 4 is 0 Å². The highest BCUT2D eigenvalue weighted by Crippen LogP contribution is 2.63. The zero-order valence-electron chi connectivity index (χ0n) is 15.5. The minimum atomic E-state index is -0.375. The molecule has 0 unspecified atom stereocenters. The third-order valence-electron chi connectivity index (χ3n) is 8.67. The maximum atomic E-state index is 10.5. The zero-order chi connectivity index (χ0) is 16.2. The largest absolute Gasteiger partial charge is 0.390 e. The van der Waals surface area contributed by atoms with Crippen molar-refractivity contribution in [1.82, 2.24) is 0 Å². The van der Waals surface area contributed by atoms with Gasteiger partial charge in [-0.2, -0.15) is 0 Å². The summed E-state index contributed by atoms with van der Waals surface area (Å²) in [6, 6.07) is 0. The molecule has 4 saturated carbocycles. The first-order valence-corrected chi connectivity index (χ1v) is 10.3. The molecule has 0 saturated heterocycles. The summed E-state index contributed by atoms with van der Waals surface area (Å²) in [7, 11) is 0. The van der Waals surface area contributed by atoms with E-state index in [4.69, 9.17) is 0 Å². The minimum Gasteiger partial charge on any atom is -0.390 e. The Bertz CT molecular complexity index is 490. The molecule has 0 aromatic carbocycles. The van der Waals surface area contributed by atoms with Gasteiger partial charge in [0.05, 0.1) is 5.60 Å². The van der Waals surface area contributed by atoms with Crippen LogP contribution in [0.3, 0.4) is 0 Å². The highest BCUT2D eigenvalue weighted by Gasteiger charge is 2.54. The monoisotopic (exact) mass is 316 g/mol. The summed E-state index contributed by atoms with van der Waals surface area (Å²) in [5, 5.41) is 10.5. The maximum Gasteiger partial charge on any atom is 0.0622 e. The number of hydrogen-bond donors (Lipinski definition) is 1. The van der Waals surface area contributed by atoms with Crippen molar-refractivity contribution in [2.24, 2.45) is 35.0 Å². The minimum absolute atomic E-state index is 0.375. The summed E-state index contributed by atoms with van der Waals surface area (Å²) in [5.41, 5.74) is 1.92. The van der Waals surface area contributed by atoms with E-state index >= 15 is 0 Å². The van der Waals surface area contributed by atoms with Crippen LogP contribution in [-0.4, -0.2) is 10.7 Å². The van der Waals surface area contributed by atoms with Gasteiger partial charge in [0, 0.05) is 0 Å². The van der Waals surface area contributed by atoms with Gasteiger partial charge in [-0.3, -0.25) is 0 Å². The summed E-state index contributed by atoms with van der Waals surface area (Å²) in [5.74, 6) is 4.64. The molecule has 0 aromatic rings. The second-order valence-electron chi connectivity index (χ2n) is 9.84. The highest BCUT2D eigenvalue weighted by atomic mass is 16.3. The maximum absolute atomic E-state index is 10.5. The number of fused-ring (bicyclic) bond motifs is 5. The van der Waals surface area contributed by atoms with E-state index in [9.17, 15) is 5.11 Å². The van der Waals surface area contributed by atoms with Crippen LogP contribution in [0.25, 0.3) is 0 Å². The van der Waals surface area contributed by atoms with Crippen molar-refractivity contribution in [2.75, 3.05) is 0 Å². The molecule has 0 radical (unpaired) electrons. The summed E-state index contributed by atoms with van der Waals surface area (Å²) in [4.78, 5) is 0. The number of rotatable bonds is 0. The van der Waals surface area contributed by atoms with E-state index in [-0.39, 0.29) is 5.60 Å². The molecule has 1 N–H and O–H groups in total. The first-order valence-electron chi connectivity index (χ1n) is 10.3. The molecule has 0 bridgehead atoms. The number of aliphatic hydroxyl groups is 1. The van der Waals surface area contributed by atoms with E-state index < -0.39 is 0 Å². The molecule has 1 nitrogen and oxygen atoms in total. The molecule has 1 heteroatoms. The fraction of sp³-hybridized carbons (Fsp3) is 0.909. The molecule has 7 atom stereocenters. The Kier molecular flexibility index (Phi) is 3.95. The second kappa shape index (κ2) is 5.61. The van der Waals surface area contributed by atoms with E-state index in [1.54, 1.807) is 5.57 Å². The van der Waals surface area contributed by atoms with Crippen molar-refractivity contribution in [3.8, 4) is 0 Å². The van der Waals surface area contributed by atoms with Gasteiger partial charge in [-0.1, -0.05) is 18.6 Å². The fourth-order valence-electron chi connectivity index (χ4n) is 7.61. The Morgan fingerprint density at radius 3 is 2.52 bits per heavy atom. The lowest BCUT2D eigenvalue weighted by atomic mass is 9.46. The molecule has 4 aliphatic carbocycles. The van der Waals surface area contributed by atoms with Crippen LogP contribution in [0.4, 0.5) is 0 Å². The first-order chi connectivity index (χ1) is 10.9. The Morgan fingerprint density at radius 1 is 0.957 bits per heavy atom. The van der Waals surface area contributed by atoms with Gasteiger partial charge in [0.2, 0.25) is 0 Å². The predicted octanol–water partition coefficient (Wildman–Crippen LogP) is 5.73. The topological polar surface area (TPSA) is 20.2 Å². The van der Waals surface area contributed by atoms with Crippen LogP contribution in [-0.2, 0) is 0 Å². The van der Waals surface area contributed by atoms with Crippen LogP contribution in [0.5, 0.6) is 0 Å². The smallest absolute Gasteiger partial charge is 0.0622 e. The van der Waals surface area contributed by atoms with Gasteiger partial charge in [-0.15, -0.1) is 0 Å². The van der Waals surface area contributed by atoms with Crippen molar-refractivity contribution in [2.45, 2.75) is 90.6 Å². The Balaban J connectivity index is 1.58. The van der Waals surface area contributed by atoms with E-state index in [1.807, 2.05) is 0 Å². The van der Waals surface area contributed by atoms with Gasteiger partial charge < -0.3 is 5.11 Å². The van der Waals surface area contributed by atoms with Crippen LogP contribution >= 0.6 is 0 Å². The van der Waals surface area contributed by atoms with Gasteiger partial charge >= 0.3 is 0 Å². The lowest BCUT2D eigenvalue weighted by Crippen LogP contribution is -2.52. The predicted molar refractivity (Wildman–Crippen MR) is 96.1 cm³/mol. The second-order valence-corrected chi connectivity index (χ2v) is 9.84. The Labute approximate surface area is 142 Å². The van der Waals surface area contributed by atoms with E-state index in [2.05, 4.69) is 26.8 Å². The molecule has 0 heterocycles. The molecule has 4 rings (SSSR count). The average molecular weight is 317 g/mol. The van der Waals surface area contributed by atoms with Crippen LogP contribution in [0.2, 0.25) is 0 Å². The van der Waals surface area contributed by atoms with Crippen LogP contribution < -0.4 is 0 Å². The molecule has 23 heavy (non-hydrogen) atoms. The van der Waals surface area contributed by atoms with Gasteiger partial charge in [-0.05, 0) is 113 Å². The molecule has 0 aromatic heterocycles. The third kappa shape index (κ3) is 2.53. The molecule has 0 spiro atoms. The van der Waals surface area contributed by atoms with E-state index in [0.29, 0.717) is 5.41 Å². The summed E-state index contributed by atoms with van der Waals surface area (Å²) in [6.45, 7) is 6.95. The number of hydrogen-bond acceptors (Lipinski definition) is 1. The molecule has 130 valence electrons. The van der Waals surface area contributed by atoms with E-state index in [1.165, 1.54) is 51.4 Å². The molecule has 0 amide bonds. The third-order valence-corrected chi connectivity index (χ3v) is 8.67. The SMILES string of the molecule is CC=C1CCC[C@H]2[C@@H]3CC[C@@H]4C[C@](C)(O)CC[C@@H]4[C@H]3CC[C@]12C. The highest BCUT2D eigenvalue weighted by molar-refractivity contribution is 5.20. The van der Waals surface area contributed by atoms with Crippen LogP contribution in [0.15, 0.2) is 11.6 Å². The zero-order valence-corrected chi connectivity index (χ0v) is 15.5. The molecular weight excluding hydrogens is 280 g/mol. The average Bonchev–Trinajstić information content (AvgIpc) is 2.52. The Hall–Kier alpha value is -0.300. The standard InChI is InChI=1S/C22H36O/c1-4-16-6-5-7-20-19-9-8-15-14-21(2,23)12-10-17(15)18(19)11-13-22(16,20)3/h4,15,17-20,23H,5-14H2,1-3H3/t15-,17+,18-,19-,20+,21-,22-/m1/s1. The van der Waals surface area contributed by atoms with Gasteiger partial charge in [0.25, 0.3) is 0 Å². The van der Waals surface area contributed by atoms with E-state index in [0.717, 1.165) is 42.4 Å². The molecule has 0 aliphatic heterocycles. The van der Waals surface area contributed by atoms with Crippen molar-refractivity contribution in [3.05, 3.63) is 11.6 Å². The van der Waals surface area contributed by atoms with Crippen molar-refractivity contribution in [1.29, 1.82) is 0 Å². The number of allylic oxidation sites excluding steroid dienone is 2. The molecule has 4 aliphatic rings. The van der Waals surface area contributed by atoms with Crippen molar-refractivity contribution < 1.29 is 5.11 Å². The van der Waals surface area contributed by atoms with Crippen LogP contribution in [0, 0.1) is 35.0 Å². The quantitative estimate of drug-likeness (QED) is 0.566. The normalized spacial score (nSPS) is 55.0. The van der Waals surface area contributed by atoms with Gasteiger partial charge in [0.15, 0.2) is 0 Å². The summed E-state index contributed by atoms with van der Waals surface area (Å²) < 4.78 is 0.